The standard InChI is InChI=1S/C22H19Cl3N4O3/c1-13-17(20(25)29(28-13)12-15-6-4-3-5-7-15)8-9-19(30)32-14(2)22(31)27-21-18(24)10-16(23)11-26-21/h3-11,14H,12H2,1-2H3,(H,26,27,31)/b9-8+/t14-/m0/s1. The number of halogens is 3. The fourth-order valence-corrected chi connectivity index (χ4v) is 3.49. The van der Waals surface area contributed by atoms with E-state index in [-0.39, 0.29) is 10.8 Å². The first-order chi connectivity index (χ1) is 15.2. The Morgan fingerprint density at radius 1 is 1.22 bits per heavy atom. The predicted octanol–water partition coefficient (Wildman–Crippen LogP) is 5.18. The van der Waals surface area contributed by atoms with Gasteiger partial charge in [0, 0.05) is 17.8 Å². The Hall–Kier alpha value is -2.87. The van der Waals surface area contributed by atoms with E-state index in [1.54, 1.807) is 11.6 Å². The molecule has 7 nitrogen and oxygen atoms in total. The Balaban J connectivity index is 1.61. The number of pyridine rings is 1. The van der Waals surface area contributed by atoms with Crippen LogP contribution in [-0.4, -0.2) is 32.7 Å². The quantitative estimate of drug-likeness (QED) is 0.362. The van der Waals surface area contributed by atoms with Gasteiger partial charge >= 0.3 is 5.97 Å². The number of nitrogens with one attached hydrogen (secondary N) is 1. The predicted molar refractivity (Wildman–Crippen MR) is 125 cm³/mol. The average Bonchev–Trinajstić information content (AvgIpc) is 3.01. The van der Waals surface area contributed by atoms with E-state index in [9.17, 15) is 9.59 Å². The Bertz CT molecular complexity index is 1160. The Morgan fingerprint density at radius 2 is 1.94 bits per heavy atom. The number of hydrogen-bond donors (Lipinski definition) is 1. The van der Waals surface area contributed by atoms with Gasteiger partial charge in [0.25, 0.3) is 5.91 Å². The molecular weight excluding hydrogens is 475 g/mol. The zero-order valence-corrected chi connectivity index (χ0v) is 19.4. The molecule has 0 bridgehead atoms. The lowest BCUT2D eigenvalue weighted by Gasteiger charge is -2.12. The lowest BCUT2D eigenvalue weighted by Crippen LogP contribution is -2.29. The second-order valence-electron chi connectivity index (χ2n) is 6.82. The van der Waals surface area contributed by atoms with Crippen LogP contribution in [0.1, 0.15) is 23.7 Å². The summed E-state index contributed by atoms with van der Waals surface area (Å²) < 4.78 is 6.80. The minimum Gasteiger partial charge on any atom is -0.449 e. The molecule has 0 unspecified atom stereocenters. The SMILES string of the molecule is Cc1nn(Cc2ccccc2)c(Cl)c1/C=C/C(=O)O[C@@H](C)C(=O)Nc1ncc(Cl)cc1Cl. The molecule has 0 saturated heterocycles. The molecule has 3 aromatic rings. The van der Waals surface area contributed by atoms with E-state index >= 15 is 0 Å². The van der Waals surface area contributed by atoms with Gasteiger partial charge in [0.2, 0.25) is 0 Å². The highest BCUT2D eigenvalue weighted by Crippen LogP contribution is 2.24. The zero-order valence-electron chi connectivity index (χ0n) is 17.2. The molecule has 0 saturated carbocycles. The van der Waals surface area contributed by atoms with Crippen molar-refractivity contribution in [2.45, 2.75) is 26.5 Å². The molecular formula is C22H19Cl3N4O3. The summed E-state index contributed by atoms with van der Waals surface area (Å²) in [5, 5.41) is 7.80. The molecule has 0 aliphatic carbocycles. The van der Waals surface area contributed by atoms with E-state index in [1.165, 1.54) is 31.3 Å². The summed E-state index contributed by atoms with van der Waals surface area (Å²) >= 11 is 18.2. The smallest absolute Gasteiger partial charge is 0.331 e. The van der Waals surface area contributed by atoms with Crippen molar-refractivity contribution in [1.29, 1.82) is 0 Å². The molecule has 1 aromatic carbocycles. The van der Waals surface area contributed by atoms with Gasteiger partial charge < -0.3 is 10.1 Å². The van der Waals surface area contributed by atoms with Gasteiger partial charge in [0.1, 0.15) is 5.15 Å². The van der Waals surface area contributed by atoms with Gasteiger partial charge in [-0.1, -0.05) is 65.1 Å². The van der Waals surface area contributed by atoms with Crippen molar-refractivity contribution in [3.63, 3.8) is 0 Å². The number of ether oxygens (including phenoxy) is 1. The van der Waals surface area contributed by atoms with Gasteiger partial charge in [0.05, 0.1) is 22.3 Å². The molecule has 2 heterocycles. The van der Waals surface area contributed by atoms with Crippen LogP contribution in [0, 0.1) is 6.92 Å². The topological polar surface area (TPSA) is 86.1 Å². The summed E-state index contributed by atoms with van der Waals surface area (Å²) in [4.78, 5) is 28.4. The Morgan fingerprint density at radius 3 is 2.62 bits per heavy atom. The lowest BCUT2D eigenvalue weighted by atomic mass is 10.2. The zero-order chi connectivity index (χ0) is 23.3. The first-order valence-electron chi connectivity index (χ1n) is 9.52. The van der Waals surface area contributed by atoms with Crippen molar-refractivity contribution in [2.75, 3.05) is 5.32 Å². The van der Waals surface area contributed by atoms with Crippen LogP contribution in [0.25, 0.3) is 6.08 Å². The summed E-state index contributed by atoms with van der Waals surface area (Å²) in [6, 6.07) is 11.2. The lowest BCUT2D eigenvalue weighted by molar-refractivity contribution is -0.148. The summed E-state index contributed by atoms with van der Waals surface area (Å²) in [6.45, 7) is 3.72. The number of nitrogens with zero attached hydrogens (tertiary/aromatic N) is 3. The summed E-state index contributed by atoms with van der Waals surface area (Å²) in [5.74, 6) is -1.19. The molecule has 1 atom stereocenters. The third-order valence-corrected chi connectivity index (χ3v) is 5.28. The van der Waals surface area contributed by atoms with Gasteiger partial charge in [-0.15, -0.1) is 0 Å². The van der Waals surface area contributed by atoms with Crippen molar-refractivity contribution in [2.24, 2.45) is 0 Å². The van der Waals surface area contributed by atoms with E-state index in [0.717, 1.165) is 5.56 Å². The van der Waals surface area contributed by atoms with Crippen LogP contribution >= 0.6 is 34.8 Å². The Kier molecular flexibility index (Phi) is 7.90. The van der Waals surface area contributed by atoms with E-state index in [0.29, 0.717) is 28.0 Å². The van der Waals surface area contributed by atoms with Crippen LogP contribution in [0.2, 0.25) is 15.2 Å². The van der Waals surface area contributed by atoms with Crippen LogP contribution in [0.5, 0.6) is 0 Å². The fourth-order valence-electron chi connectivity index (χ4n) is 2.76. The molecule has 0 aliphatic rings. The second kappa shape index (κ2) is 10.6. The number of benzene rings is 1. The number of esters is 1. The van der Waals surface area contributed by atoms with Gasteiger partial charge in [-0.2, -0.15) is 5.10 Å². The number of amides is 1. The van der Waals surface area contributed by atoms with E-state index < -0.39 is 18.0 Å². The molecule has 0 fully saturated rings. The van der Waals surface area contributed by atoms with E-state index in [4.69, 9.17) is 39.5 Å². The van der Waals surface area contributed by atoms with Gasteiger partial charge in [-0.3, -0.25) is 4.79 Å². The average molecular weight is 494 g/mol. The third-order valence-electron chi connectivity index (χ3n) is 4.38. The van der Waals surface area contributed by atoms with Crippen LogP contribution in [0.4, 0.5) is 5.82 Å². The fraction of sp³-hybridized carbons (Fsp3) is 0.182. The first kappa shape index (κ1) is 23.8. The maximum atomic E-state index is 12.3. The van der Waals surface area contributed by atoms with E-state index in [1.807, 2.05) is 30.3 Å². The summed E-state index contributed by atoms with van der Waals surface area (Å²) in [5.41, 5.74) is 2.29. The van der Waals surface area contributed by atoms with Crippen LogP contribution in [0.3, 0.4) is 0 Å². The number of anilines is 1. The molecule has 10 heteroatoms. The van der Waals surface area contributed by atoms with E-state index in [2.05, 4.69) is 15.4 Å². The van der Waals surface area contributed by atoms with Crippen molar-refractivity contribution in [3.8, 4) is 0 Å². The second-order valence-corrected chi connectivity index (χ2v) is 8.02. The molecule has 166 valence electrons. The molecule has 1 N–H and O–H groups in total. The molecule has 32 heavy (non-hydrogen) atoms. The number of carbonyl (C=O) groups is 2. The maximum Gasteiger partial charge on any atom is 0.331 e. The Labute approximate surface area is 199 Å². The van der Waals surface area contributed by atoms with Crippen LogP contribution < -0.4 is 5.32 Å². The molecule has 0 aliphatic heterocycles. The molecule has 3 rings (SSSR count). The van der Waals surface area contributed by atoms with Gasteiger partial charge in [0.15, 0.2) is 11.9 Å². The summed E-state index contributed by atoms with van der Waals surface area (Å²) in [7, 11) is 0. The molecule has 2 aromatic heterocycles. The largest absolute Gasteiger partial charge is 0.449 e. The minimum atomic E-state index is -1.09. The maximum absolute atomic E-state index is 12.3. The van der Waals surface area contributed by atoms with Crippen molar-refractivity contribution in [1.82, 2.24) is 14.8 Å². The summed E-state index contributed by atoms with van der Waals surface area (Å²) in [6.07, 6.45) is 2.96. The van der Waals surface area contributed by atoms with Crippen molar-refractivity contribution >= 4 is 58.6 Å². The van der Waals surface area contributed by atoms with Crippen molar-refractivity contribution in [3.05, 3.63) is 80.7 Å². The van der Waals surface area contributed by atoms with Crippen LogP contribution in [0.15, 0.2) is 48.7 Å². The number of aryl methyl sites for hydroxylation is 1. The minimum absolute atomic E-state index is 0.118. The van der Waals surface area contributed by atoms with Crippen LogP contribution in [-0.2, 0) is 20.9 Å². The molecule has 0 spiro atoms. The third kappa shape index (κ3) is 6.09. The number of hydrogen-bond acceptors (Lipinski definition) is 5. The van der Waals surface area contributed by atoms with Gasteiger partial charge in [-0.05, 0) is 31.6 Å². The highest BCUT2D eigenvalue weighted by Gasteiger charge is 2.19. The normalized spacial score (nSPS) is 12.0. The first-order valence-corrected chi connectivity index (χ1v) is 10.7. The van der Waals surface area contributed by atoms with Crippen molar-refractivity contribution < 1.29 is 14.3 Å². The highest BCUT2D eigenvalue weighted by molar-refractivity contribution is 6.36. The van der Waals surface area contributed by atoms with Gasteiger partial charge in [-0.25, -0.2) is 14.5 Å². The molecule has 0 radical (unpaired) electrons. The number of carbonyl (C=O) groups excluding carboxylic acids is 2. The monoisotopic (exact) mass is 492 g/mol. The number of aromatic nitrogens is 3. The highest BCUT2D eigenvalue weighted by atomic mass is 35.5. The molecule has 1 amide bonds. The number of rotatable bonds is 7.